The van der Waals surface area contributed by atoms with Crippen LogP contribution in [0.1, 0.15) is 27.7 Å². The summed E-state index contributed by atoms with van der Waals surface area (Å²) in [5.41, 5.74) is 6.85. The van der Waals surface area contributed by atoms with Crippen LogP contribution >= 0.6 is 0 Å². The predicted molar refractivity (Wildman–Crippen MR) is 68.3 cm³/mol. The minimum Gasteiger partial charge on any atom is -0.481 e. The van der Waals surface area contributed by atoms with Gasteiger partial charge >= 0.3 is 5.97 Å². The molecular weight excluding hydrogens is 238 g/mol. The van der Waals surface area contributed by atoms with Crippen molar-refractivity contribution in [3.05, 3.63) is 10.4 Å². The molecule has 7 heteroatoms. The first kappa shape index (κ1) is 16.0. The van der Waals surface area contributed by atoms with Gasteiger partial charge in [-0.2, -0.15) is 0 Å². The Morgan fingerprint density at radius 3 is 2.18 bits per heavy atom. The van der Waals surface area contributed by atoms with Crippen LogP contribution < -0.4 is 0 Å². The third-order valence-electron chi connectivity index (χ3n) is 3.25. The molecule has 0 unspecified atom stereocenters. The van der Waals surface area contributed by atoms with Gasteiger partial charge in [-0.3, -0.25) is 4.79 Å². The van der Waals surface area contributed by atoms with E-state index in [0.717, 1.165) is 0 Å². The van der Waals surface area contributed by atoms with Gasteiger partial charge < -0.3 is 9.53 Å². The Morgan fingerprint density at radius 2 is 1.88 bits per heavy atom. The Balaban J connectivity index is 4.86. The summed E-state index contributed by atoms with van der Waals surface area (Å²) in [6.07, 6.45) is 0. The molecule has 98 valence electrons. The fourth-order valence-electron chi connectivity index (χ4n) is 0.770. The van der Waals surface area contributed by atoms with Gasteiger partial charge in [-0.25, -0.2) is 0 Å². The maximum Gasteiger partial charge on any atom is 0.317 e. The summed E-state index contributed by atoms with van der Waals surface area (Å²) in [6, 6.07) is 0. The van der Waals surface area contributed by atoms with E-state index < -0.39 is 19.8 Å². The maximum absolute atomic E-state index is 11.0. The molecule has 0 heterocycles. The number of carboxylic acids is 1. The first-order chi connectivity index (χ1) is 7.46. The highest BCUT2D eigenvalue weighted by molar-refractivity contribution is 6.74. The van der Waals surface area contributed by atoms with Crippen molar-refractivity contribution in [1.29, 1.82) is 0 Å². The third kappa shape index (κ3) is 4.03. The molecule has 1 atom stereocenters. The molecule has 17 heavy (non-hydrogen) atoms. The van der Waals surface area contributed by atoms with E-state index in [-0.39, 0.29) is 11.6 Å². The first-order valence-corrected chi connectivity index (χ1v) is 8.31. The molecule has 0 fully saturated rings. The monoisotopic (exact) mass is 259 g/mol. The highest BCUT2D eigenvalue weighted by Crippen LogP contribution is 2.37. The largest absolute Gasteiger partial charge is 0.481 e. The molecule has 0 aliphatic heterocycles. The lowest BCUT2D eigenvalue weighted by molar-refractivity contribution is -0.143. The van der Waals surface area contributed by atoms with Gasteiger partial charge in [0.2, 0.25) is 0 Å². The first-order valence-electron chi connectivity index (χ1n) is 5.40. The van der Waals surface area contributed by atoms with Crippen molar-refractivity contribution in [2.75, 3.05) is 6.61 Å². The lowest BCUT2D eigenvalue weighted by Gasteiger charge is -2.37. The smallest absolute Gasteiger partial charge is 0.317 e. The summed E-state index contributed by atoms with van der Waals surface area (Å²) in [6.45, 7) is 11.5. The summed E-state index contributed by atoms with van der Waals surface area (Å²) in [5.74, 6) is -1.17. The van der Waals surface area contributed by atoms with Crippen molar-refractivity contribution < 1.29 is 14.3 Å². The summed E-state index contributed by atoms with van der Waals surface area (Å²) in [7, 11) is -2.04. The van der Waals surface area contributed by atoms with E-state index in [0.29, 0.717) is 0 Å². The summed E-state index contributed by atoms with van der Waals surface area (Å²) >= 11 is 0. The lowest BCUT2D eigenvalue weighted by Crippen LogP contribution is -2.47. The van der Waals surface area contributed by atoms with Crippen molar-refractivity contribution in [3.63, 3.8) is 0 Å². The second-order valence-electron chi connectivity index (χ2n) is 5.82. The van der Waals surface area contributed by atoms with Gasteiger partial charge in [-0.05, 0) is 30.6 Å². The topological polar surface area (TPSA) is 95.3 Å². The Bertz CT molecular complexity index is 341. The highest BCUT2D eigenvalue weighted by Gasteiger charge is 2.41. The zero-order valence-corrected chi connectivity index (χ0v) is 12.3. The quantitative estimate of drug-likeness (QED) is 0.355. The molecule has 0 aliphatic carbocycles. The molecular formula is C10H21N3O3Si. The molecule has 0 saturated carbocycles. The van der Waals surface area contributed by atoms with Crippen LogP contribution in [0.4, 0.5) is 0 Å². The number of hydrogen-bond donors (Lipinski definition) is 1. The van der Waals surface area contributed by atoms with Gasteiger partial charge in [0.25, 0.3) is 0 Å². The van der Waals surface area contributed by atoms with Gasteiger partial charge in [0.15, 0.2) is 13.9 Å². The molecule has 0 bridgehead atoms. The Morgan fingerprint density at radius 1 is 1.41 bits per heavy atom. The van der Waals surface area contributed by atoms with Crippen LogP contribution in [-0.2, 0) is 9.22 Å². The molecule has 0 aromatic carbocycles. The van der Waals surface area contributed by atoms with Crippen molar-refractivity contribution in [3.8, 4) is 0 Å². The molecule has 0 spiro atoms. The van der Waals surface area contributed by atoms with E-state index >= 15 is 0 Å². The predicted octanol–water partition coefficient (Wildman–Crippen LogP) is 3.16. The number of hydrogen-bond acceptors (Lipinski definition) is 3. The van der Waals surface area contributed by atoms with Gasteiger partial charge in [0.05, 0.1) is 6.61 Å². The summed E-state index contributed by atoms with van der Waals surface area (Å²) in [5, 5.41) is 12.3. The SMILES string of the molecule is CC(C)(C)[Si](C)(C)OC[C@](C)(N=[N+]=[N-])C(=O)O. The highest BCUT2D eigenvalue weighted by atomic mass is 28.4. The summed E-state index contributed by atoms with van der Waals surface area (Å²) in [4.78, 5) is 13.6. The molecule has 0 rings (SSSR count). The normalized spacial score (nSPS) is 15.9. The van der Waals surface area contributed by atoms with Gasteiger partial charge in [0, 0.05) is 4.91 Å². The van der Waals surface area contributed by atoms with Crippen LogP contribution in [0.3, 0.4) is 0 Å². The van der Waals surface area contributed by atoms with Gasteiger partial charge in [0.1, 0.15) is 0 Å². The molecule has 0 saturated heterocycles. The molecule has 0 aliphatic rings. The molecule has 0 aromatic rings. The standard InChI is InChI=1S/C10H21N3O3Si/c1-9(2,3)17(5,6)16-7-10(4,8(14)15)12-13-11/h7H2,1-6H3,(H,14,15)/t10-/m0/s1. The van der Waals surface area contributed by atoms with Crippen LogP contribution in [0.15, 0.2) is 5.11 Å². The minimum atomic E-state index is -2.04. The summed E-state index contributed by atoms with van der Waals surface area (Å²) < 4.78 is 5.77. The fourth-order valence-corrected chi connectivity index (χ4v) is 1.84. The fraction of sp³-hybridized carbons (Fsp3) is 0.900. The van der Waals surface area contributed by atoms with Crippen LogP contribution in [-0.4, -0.2) is 31.5 Å². The number of rotatable bonds is 5. The zero-order chi connectivity index (χ0) is 13.9. The number of nitrogens with zero attached hydrogens (tertiary/aromatic N) is 3. The van der Waals surface area contributed by atoms with E-state index in [2.05, 4.69) is 30.8 Å². The van der Waals surface area contributed by atoms with Gasteiger partial charge in [-0.1, -0.05) is 25.9 Å². The van der Waals surface area contributed by atoms with Crippen molar-refractivity contribution >= 4 is 14.3 Å². The van der Waals surface area contributed by atoms with Crippen molar-refractivity contribution in [1.82, 2.24) is 0 Å². The Kier molecular flexibility index (Phi) is 4.76. The van der Waals surface area contributed by atoms with Crippen LogP contribution in [0.25, 0.3) is 10.4 Å². The van der Waals surface area contributed by atoms with E-state index in [1.165, 1.54) is 6.92 Å². The average Bonchev–Trinajstić information content (AvgIpc) is 2.13. The van der Waals surface area contributed by atoms with Crippen LogP contribution in [0.5, 0.6) is 0 Å². The van der Waals surface area contributed by atoms with Crippen molar-refractivity contribution in [2.24, 2.45) is 5.11 Å². The zero-order valence-electron chi connectivity index (χ0n) is 11.3. The lowest BCUT2D eigenvalue weighted by atomic mass is 10.1. The Labute approximate surface area is 103 Å². The molecule has 6 nitrogen and oxygen atoms in total. The molecule has 0 amide bonds. The Hall–Kier alpha value is -1.04. The van der Waals surface area contributed by atoms with E-state index in [1.54, 1.807) is 0 Å². The van der Waals surface area contributed by atoms with E-state index in [1.807, 2.05) is 13.1 Å². The van der Waals surface area contributed by atoms with Gasteiger partial charge in [-0.15, -0.1) is 0 Å². The number of carbonyl (C=O) groups is 1. The third-order valence-corrected chi connectivity index (χ3v) is 7.72. The number of azide groups is 1. The van der Waals surface area contributed by atoms with Crippen LogP contribution in [0.2, 0.25) is 18.1 Å². The van der Waals surface area contributed by atoms with Crippen LogP contribution in [0, 0.1) is 0 Å². The average molecular weight is 259 g/mol. The van der Waals surface area contributed by atoms with E-state index in [9.17, 15) is 4.79 Å². The number of aliphatic carboxylic acids is 1. The minimum absolute atomic E-state index is 0.0111. The van der Waals surface area contributed by atoms with Crippen molar-refractivity contribution in [2.45, 2.75) is 51.4 Å². The second-order valence-corrected chi connectivity index (χ2v) is 10.6. The van der Waals surface area contributed by atoms with E-state index in [4.69, 9.17) is 15.1 Å². The molecule has 0 aromatic heterocycles. The molecule has 1 N–H and O–H groups in total. The molecule has 0 radical (unpaired) electrons. The number of carboxylic acid groups (broad SMARTS) is 1. The second kappa shape index (κ2) is 5.08. The maximum atomic E-state index is 11.0.